The Morgan fingerprint density at radius 1 is 1.18 bits per heavy atom. The normalized spacial score (nSPS) is 14.2. The highest BCUT2D eigenvalue weighted by Gasteiger charge is 2.32. The van der Waals surface area contributed by atoms with Gasteiger partial charge in [-0.1, -0.05) is 23.9 Å². The lowest BCUT2D eigenvalue weighted by Crippen LogP contribution is -2.37. The topological polar surface area (TPSA) is 89.7 Å². The summed E-state index contributed by atoms with van der Waals surface area (Å²) in [7, 11) is 1.53. The second kappa shape index (κ2) is 10.3. The van der Waals surface area contributed by atoms with Crippen molar-refractivity contribution < 1.29 is 31.9 Å². The van der Waals surface area contributed by atoms with Gasteiger partial charge in [0, 0.05) is 13.1 Å². The van der Waals surface area contributed by atoms with E-state index in [2.05, 4.69) is 15.5 Å². The van der Waals surface area contributed by atoms with Gasteiger partial charge in [-0.15, -0.1) is 10.2 Å². The number of hydrogen-bond donors (Lipinski definition) is 1. The molecule has 1 fully saturated rings. The third-order valence-corrected chi connectivity index (χ3v) is 5.84. The molecule has 0 bridgehead atoms. The number of anilines is 2. The molecular formula is C22H21F3N4O4S. The summed E-state index contributed by atoms with van der Waals surface area (Å²) in [6.07, 6.45) is -4.49. The number of nitrogens with one attached hydrogen (secondary N) is 1. The largest absolute Gasteiger partial charge is 0.496 e. The van der Waals surface area contributed by atoms with Crippen molar-refractivity contribution in [2.75, 3.05) is 49.4 Å². The molecule has 1 N–H and O–H groups in total. The molecule has 1 aliphatic rings. The molecule has 3 aromatic rings. The Morgan fingerprint density at radius 2 is 1.94 bits per heavy atom. The SMILES string of the molecule is COc1ccccc1-c1nnc(SCC(=O)Nc2ccc(C(F)(F)F)cc2N2CCOCC2)o1. The Balaban J connectivity index is 1.44. The van der Waals surface area contributed by atoms with Crippen LogP contribution < -0.4 is 15.0 Å². The van der Waals surface area contributed by atoms with Crippen molar-refractivity contribution in [1.29, 1.82) is 0 Å². The fraction of sp³-hybridized carbons (Fsp3) is 0.318. The minimum absolute atomic E-state index is 0.0723. The zero-order valence-electron chi connectivity index (χ0n) is 18.1. The van der Waals surface area contributed by atoms with E-state index in [1.165, 1.54) is 13.2 Å². The Kier molecular flexibility index (Phi) is 7.27. The Bertz CT molecular complexity index is 1150. The Labute approximate surface area is 197 Å². The smallest absolute Gasteiger partial charge is 0.416 e. The van der Waals surface area contributed by atoms with E-state index in [0.29, 0.717) is 49.0 Å². The fourth-order valence-corrected chi connectivity index (χ4v) is 3.95. The molecule has 4 rings (SSSR count). The average Bonchev–Trinajstić information content (AvgIpc) is 3.32. The van der Waals surface area contributed by atoms with Crippen molar-refractivity contribution in [2.24, 2.45) is 0 Å². The van der Waals surface area contributed by atoms with Crippen LogP contribution in [0.15, 0.2) is 52.1 Å². The summed E-state index contributed by atoms with van der Waals surface area (Å²) in [6.45, 7) is 1.63. The van der Waals surface area contributed by atoms with Crippen molar-refractivity contribution in [3.05, 3.63) is 48.0 Å². The monoisotopic (exact) mass is 494 g/mol. The second-order valence-electron chi connectivity index (χ2n) is 7.24. The van der Waals surface area contributed by atoms with E-state index < -0.39 is 17.6 Å². The first kappa shape index (κ1) is 23.9. The van der Waals surface area contributed by atoms with Gasteiger partial charge in [-0.05, 0) is 30.3 Å². The van der Waals surface area contributed by atoms with Gasteiger partial charge in [0.05, 0.1) is 48.6 Å². The van der Waals surface area contributed by atoms with E-state index in [1.807, 2.05) is 6.07 Å². The number of carbonyl (C=O) groups is 1. The number of alkyl halides is 3. The number of morpholine rings is 1. The van der Waals surface area contributed by atoms with E-state index in [1.54, 1.807) is 23.1 Å². The Morgan fingerprint density at radius 3 is 2.68 bits per heavy atom. The number of rotatable bonds is 7. The molecule has 0 atom stereocenters. The number of benzene rings is 2. The molecule has 1 aliphatic heterocycles. The van der Waals surface area contributed by atoms with Crippen molar-refractivity contribution in [3.63, 3.8) is 0 Å². The predicted octanol–water partition coefficient (Wildman–Crippen LogP) is 4.33. The van der Waals surface area contributed by atoms with Gasteiger partial charge in [0.25, 0.3) is 11.1 Å². The minimum atomic E-state index is -4.49. The van der Waals surface area contributed by atoms with E-state index >= 15 is 0 Å². The number of thioether (sulfide) groups is 1. The number of aromatic nitrogens is 2. The lowest BCUT2D eigenvalue weighted by Gasteiger charge is -2.31. The van der Waals surface area contributed by atoms with Crippen molar-refractivity contribution in [3.8, 4) is 17.2 Å². The summed E-state index contributed by atoms with van der Waals surface area (Å²) in [4.78, 5) is 14.3. The highest BCUT2D eigenvalue weighted by molar-refractivity contribution is 7.99. The molecule has 34 heavy (non-hydrogen) atoms. The molecule has 2 heterocycles. The lowest BCUT2D eigenvalue weighted by atomic mass is 10.1. The zero-order chi connectivity index (χ0) is 24.1. The number of methoxy groups -OCH3 is 1. The van der Waals surface area contributed by atoms with Gasteiger partial charge in [-0.3, -0.25) is 4.79 Å². The van der Waals surface area contributed by atoms with Gasteiger partial charge in [0.2, 0.25) is 5.91 Å². The van der Waals surface area contributed by atoms with Gasteiger partial charge >= 0.3 is 6.18 Å². The number of carbonyl (C=O) groups excluding carboxylic acids is 1. The molecule has 1 saturated heterocycles. The molecule has 1 aromatic heterocycles. The molecule has 0 unspecified atom stereocenters. The third kappa shape index (κ3) is 5.62. The first-order valence-electron chi connectivity index (χ1n) is 10.3. The molecule has 0 saturated carbocycles. The predicted molar refractivity (Wildman–Crippen MR) is 120 cm³/mol. The Hall–Kier alpha value is -3.25. The van der Waals surface area contributed by atoms with Crippen molar-refractivity contribution in [2.45, 2.75) is 11.4 Å². The number of hydrogen-bond acceptors (Lipinski definition) is 8. The lowest BCUT2D eigenvalue weighted by molar-refractivity contribution is -0.137. The average molecular weight is 494 g/mol. The number of amides is 1. The zero-order valence-corrected chi connectivity index (χ0v) is 18.9. The maximum Gasteiger partial charge on any atom is 0.416 e. The van der Waals surface area contributed by atoms with Crippen molar-refractivity contribution >= 4 is 29.0 Å². The van der Waals surface area contributed by atoms with E-state index in [9.17, 15) is 18.0 Å². The summed E-state index contributed by atoms with van der Waals surface area (Å²) in [5.74, 6) is 0.323. The minimum Gasteiger partial charge on any atom is -0.496 e. The quantitative estimate of drug-likeness (QED) is 0.486. The van der Waals surface area contributed by atoms with Crippen molar-refractivity contribution in [1.82, 2.24) is 10.2 Å². The van der Waals surface area contributed by atoms with Gasteiger partial charge in [-0.2, -0.15) is 13.2 Å². The van der Waals surface area contributed by atoms with Crippen LogP contribution in [0.25, 0.3) is 11.5 Å². The van der Waals surface area contributed by atoms with Crippen LogP contribution in [0.1, 0.15) is 5.56 Å². The molecule has 0 spiro atoms. The first-order chi connectivity index (χ1) is 16.3. The van der Waals surface area contributed by atoms with Crippen LogP contribution in [-0.4, -0.2) is 55.3 Å². The molecule has 0 radical (unpaired) electrons. The van der Waals surface area contributed by atoms with Gasteiger partial charge in [0.15, 0.2) is 0 Å². The molecule has 12 heteroatoms. The summed E-state index contributed by atoms with van der Waals surface area (Å²) in [6, 6.07) is 10.4. The fourth-order valence-electron chi connectivity index (χ4n) is 3.39. The second-order valence-corrected chi connectivity index (χ2v) is 8.17. The summed E-state index contributed by atoms with van der Waals surface area (Å²) < 4.78 is 55.9. The van der Waals surface area contributed by atoms with Crippen LogP contribution >= 0.6 is 11.8 Å². The maximum absolute atomic E-state index is 13.2. The van der Waals surface area contributed by atoms with Gasteiger partial charge in [0.1, 0.15) is 5.75 Å². The highest BCUT2D eigenvalue weighted by atomic mass is 32.2. The standard InChI is InChI=1S/C22H21F3N4O4S/c1-31-18-5-3-2-4-15(18)20-27-28-21(33-20)34-13-19(30)26-16-7-6-14(22(23,24)25)12-17(16)29-8-10-32-11-9-29/h2-7,12H,8-11,13H2,1H3,(H,26,30). The van der Waals surface area contributed by atoms with Crippen LogP contribution in [0.2, 0.25) is 0 Å². The van der Waals surface area contributed by atoms with Gasteiger partial charge in [-0.25, -0.2) is 0 Å². The van der Waals surface area contributed by atoms with Crippen LogP contribution in [0.5, 0.6) is 5.75 Å². The number of halogens is 3. The number of para-hydroxylation sites is 1. The molecule has 180 valence electrons. The molecule has 2 aromatic carbocycles. The van der Waals surface area contributed by atoms with Crippen LogP contribution in [-0.2, 0) is 15.7 Å². The van der Waals surface area contributed by atoms with E-state index in [-0.39, 0.29) is 16.9 Å². The van der Waals surface area contributed by atoms with Crippen LogP contribution in [0, 0.1) is 0 Å². The summed E-state index contributed by atoms with van der Waals surface area (Å²) >= 11 is 1.02. The highest BCUT2D eigenvalue weighted by Crippen LogP contribution is 2.36. The molecule has 1 amide bonds. The summed E-state index contributed by atoms with van der Waals surface area (Å²) in [5.41, 5.74) is 0.429. The maximum atomic E-state index is 13.2. The van der Waals surface area contributed by atoms with Crippen LogP contribution in [0.3, 0.4) is 0 Å². The third-order valence-electron chi connectivity index (χ3n) is 5.02. The number of ether oxygens (including phenoxy) is 2. The molecular weight excluding hydrogens is 473 g/mol. The first-order valence-corrected chi connectivity index (χ1v) is 11.3. The van der Waals surface area contributed by atoms with E-state index in [0.717, 1.165) is 23.9 Å². The van der Waals surface area contributed by atoms with Gasteiger partial charge < -0.3 is 24.1 Å². The number of nitrogens with zero attached hydrogens (tertiary/aromatic N) is 3. The molecule has 8 nitrogen and oxygen atoms in total. The summed E-state index contributed by atoms with van der Waals surface area (Å²) in [5, 5.41) is 10.8. The van der Waals surface area contributed by atoms with E-state index in [4.69, 9.17) is 13.9 Å². The molecule has 0 aliphatic carbocycles. The van der Waals surface area contributed by atoms with Crippen LogP contribution in [0.4, 0.5) is 24.5 Å².